The molecule has 4 nitrogen and oxygen atoms in total. The first-order valence-corrected chi connectivity index (χ1v) is 3.62. The number of nitrogens with zero attached hydrogens (tertiary/aromatic N) is 1. The molecule has 2 atom stereocenters. The van der Waals surface area contributed by atoms with E-state index in [1.165, 1.54) is 4.90 Å². The van der Waals surface area contributed by atoms with E-state index in [0.717, 1.165) is 0 Å². The highest BCUT2D eigenvalue weighted by atomic mass is 16.5. The number of hydrogen-bond acceptors (Lipinski definition) is 3. The van der Waals surface area contributed by atoms with E-state index in [4.69, 9.17) is 9.84 Å². The third-order valence-electron chi connectivity index (χ3n) is 1.69. The number of hydrogen-bond donors (Lipinski definition) is 1. The van der Waals surface area contributed by atoms with Crippen molar-refractivity contribution >= 4 is 5.91 Å². The van der Waals surface area contributed by atoms with Gasteiger partial charge >= 0.3 is 0 Å². The topological polar surface area (TPSA) is 49.8 Å². The van der Waals surface area contributed by atoms with Gasteiger partial charge < -0.3 is 14.7 Å². The fourth-order valence-electron chi connectivity index (χ4n) is 1.07. The highest BCUT2D eigenvalue weighted by molar-refractivity contribution is 5.80. The average Bonchev–Trinajstić information content (AvgIpc) is 2.34. The van der Waals surface area contributed by atoms with Crippen LogP contribution in [0.1, 0.15) is 6.42 Å². The maximum atomic E-state index is 11.2. The number of aliphatic hydroxyl groups excluding tert-OH is 1. The fourth-order valence-corrected chi connectivity index (χ4v) is 1.07. The lowest BCUT2D eigenvalue weighted by Crippen LogP contribution is -2.33. The quantitative estimate of drug-likeness (QED) is 0.546. The van der Waals surface area contributed by atoms with Gasteiger partial charge in [-0.2, -0.15) is 0 Å². The van der Waals surface area contributed by atoms with Gasteiger partial charge in [-0.15, -0.1) is 0 Å². The largest absolute Gasteiger partial charge is 0.391 e. The van der Waals surface area contributed by atoms with Crippen molar-refractivity contribution in [3.63, 3.8) is 0 Å². The molecule has 1 saturated heterocycles. The highest BCUT2D eigenvalue weighted by Gasteiger charge is 2.30. The number of aliphatic hydroxyl groups is 1. The van der Waals surface area contributed by atoms with E-state index in [2.05, 4.69) is 0 Å². The summed E-state index contributed by atoms with van der Waals surface area (Å²) >= 11 is 0. The van der Waals surface area contributed by atoms with Crippen LogP contribution in [-0.2, 0) is 9.53 Å². The summed E-state index contributed by atoms with van der Waals surface area (Å²) in [5.41, 5.74) is 0. The first-order chi connectivity index (χ1) is 5.11. The summed E-state index contributed by atoms with van der Waals surface area (Å²) in [6.07, 6.45) is -0.472. The van der Waals surface area contributed by atoms with Gasteiger partial charge in [-0.1, -0.05) is 0 Å². The van der Waals surface area contributed by atoms with Gasteiger partial charge in [0.05, 0.1) is 12.7 Å². The van der Waals surface area contributed by atoms with E-state index in [1.54, 1.807) is 14.1 Å². The van der Waals surface area contributed by atoms with Gasteiger partial charge in [0.2, 0.25) is 0 Å². The second-order valence-electron chi connectivity index (χ2n) is 2.94. The van der Waals surface area contributed by atoms with Gasteiger partial charge in [0.15, 0.2) is 0 Å². The number of carbonyl (C=O) groups is 1. The van der Waals surface area contributed by atoms with Crippen LogP contribution in [0.15, 0.2) is 0 Å². The van der Waals surface area contributed by atoms with E-state index in [-0.39, 0.29) is 12.5 Å². The maximum absolute atomic E-state index is 11.2. The van der Waals surface area contributed by atoms with Crippen LogP contribution >= 0.6 is 0 Å². The smallest absolute Gasteiger partial charge is 0.251 e. The predicted octanol–water partition coefficient (Wildman–Crippen LogP) is -0.776. The van der Waals surface area contributed by atoms with Gasteiger partial charge in [0, 0.05) is 20.5 Å². The molecular formula is C7H13NO3. The van der Waals surface area contributed by atoms with Crippen molar-refractivity contribution < 1.29 is 14.6 Å². The molecule has 0 spiro atoms. The molecule has 2 unspecified atom stereocenters. The SMILES string of the molecule is CN(C)C(=O)C1CC(O)CO1. The molecule has 0 radical (unpaired) electrons. The minimum Gasteiger partial charge on any atom is -0.391 e. The van der Waals surface area contributed by atoms with Crippen molar-refractivity contribution in [2.24, 2.45) is 0 Å². The lowest BCUT2D eigenvalue weighted by molar-refractivity contribution is -0.138. The maximum Gasteiger partial charge on any atom is 0.251 e. The van der Waals surface area contributed by atoms with E-state index in [9.17, 15) is 4.79 Å². The standard InChI is InChI=1S/C7H13NO3/c1-8(2)7(10)6-3-5(9)4-11-6/h5-6,9H,3-4H2,1-2H3. The molecule has 1 N–H and O–H groups in total. The van der Waals surface area contributed by atoms with E-state index < -0.39 is 12.2 Å². The van der Waals surface area contributed by atoms with E-state index >= 15 is 0 Å². The minimum atomic E-state index is -0.469. The van der Waals surface area contributed by atoms with Crippen molar-refractivity contribution in [2.75, 3.05) is 20.7 Å². The van der Waals surface area contributed by atoms with Gasteiger partial charge in [-0.25, -0.2) is 0 Å². The van der Waals surface area contributed by atoms with Gasteiger partial charge in [0.25, 0.3) is 5.91 Å². The summed E-state index contributed by atoms with van der Waals surface area (Å²) in [4.78, 5) is 12.7. The van der Waals surface area contributed by atoms with E-state index in [1.807, 2.05) is 0 Å². The molecule has 1 heterocycles. The molecule has 11 heavy (non-hydrogen) atoms. The summed E-state index contributed by atoms with van der Waals surface area (Å²) in [6.45, 7) is 0.282. The lowest BCUT2D eigenvalue weighted by Gasteiger charge is -2.14. The average molecular weight is 159 g/mol. The van der Waals surface area contributed by atoms with Crippen LogP contribution in [0.2, 0.25) is 0 Å². The minimum absolute atomic E-state index is 0.0680. The Labute approximate surface area is 65.8 Å². The Balaban J connectivity index is 2.43. The molecule has 0 aromatic heterocycles. The normalized spacial score (nSPS) is 30.5. The monoisotopic (exact) mass is 159 g/mol. The van der Waals surface area contributed by atoms with Crippen LogP contribution in [-0.4, -0.2) is 48.8 Å². The number of amides is 1. The Bertz CT molecular complexity index is 158. The molecule has 1 amide bonds. The third-order valence-corrected chi connectivity index (χ3v) is 1.69. The molecule has 0 aliphatic carbocycles. The Morgan fingerprint density at radius 1 is 1.64 bits per heavy atom. The van der Waals surface area contributed by atoms with Crippen LogP contribution in [0, 0.1) is 0 Å². The van der Waals surface area contributed by atoms with Crippen LogP contribution < -0.4 is 0 Å². The summed E-state index contributed by atoms with van der Waals surface area (Å²) in [6, 6.07) is 0. The van der Waals surface area contributed by atoms with Crippen molar-refractivity contribution in [1.82, 2.24) is 4.90 Å². The first-order valence-electron chi connectivity index (χ1n) is 3.62. The molecule has 1 rings (SSSR count). The number of rotatable bonds is 1. The number of ether oxygens (including phenoxy) is 1. The summed E-state index contributed by atoms with van der Waals surface area (Å²) in [5, 5.41) is 9.03. The molecule has 0 bridgehead atoms. The molecule has 1 aliphatic rings. The molecular weight excluding hydrogens is 146 g/mol. The van der Waals surface area contributed by atoms with Crippen molar-refractivity contribution in [3.8, 4) is 0 Å². The molecule has 64 valence electrons. The van der Waals surface area contributed by atoms with Crippen LogP contribution in [0.5, 0.6) is 0 Å². The Morgan fingerprint density at radius 2 is 2.27 bits per heavy atom. The van der Waals surface area contributed by atoms with Crippen LogP contribution in [0.25, 0.3) is 0 Å². The Hall–Kier alpha value is -0.610. The molecule has 0 saturated carbocycles. The highest BCUT2D eigenvalue weighted by Crippen LogP contribution is 2.14. The van der Waals surface area contributed by atoms with Crippen molar-refractivity contribution in [3.05, 3.63) is 0 Å². The first kappa shape index (κ1) is 8.49. The zero-order chi connectivity index (χ0) is 8.43. The number of carbonyl (C=O) groups excluding carboxylic acids is 1. The van der Waals surface area contributed by atoms with Gasteiger partial charge in [-0.05, 0) is 0 Å². The molecule has 1 fully saturated rings. The molecule has 4 heteroatoms. The molecule has 1 aliphatic heterocycles. The second-order valence-corrected chi connectivity index (χ2v) is 2.94. The Kier molecular flexibility index (Phi) is 2.46. The lowest BCUT2D eigenvalue weighted by atomic mass is 10.2. The summed E-state index contributed by atoms with van der Waals surface area (Å²) in [5.74, 6) is -0.0680. The van der Waals surface area contributed by atoms with Gasteiger partial charge in [0.1, 0.15) is 6.10 Å². The fraction of sp³-hybridized carbons (Fsp3) is 0.857. The zero-order valence-corrected chi connectivity index (χ0v) is 6.78. The van der Waals surface area contributed by atoms with Crippen LogP contribution in [0.4, 0.5) is 0 Å². The second kappa shape index (κ2) is 3.19. The zero-order valence-electron chi connectivity index (χ0n) is 6.78. The number of likely N-dealkylation sites (N-methyl/N-ethyl adjacent to an activating group) is 1. The summed E-state index contributed by atoms with van der Waals surface area (Å²) < 4.78 is 5.05. The molecule has 0 aromatic carbocycles. The predicted molar refractivity (Wildman–Crippen MR) is 39.1 cm³/mol. The van der Waals surface area contributed by atoms with Crippen molar-refractivity contribution in [1.29, 1.82) is 0 Å². The Morgan fingerprint density at radius 3 is 2.64 bits per heavy atom. The van der Waals surface area contributed by atoms with E-state index in [0.29, 0.717) is 6.42 Å². The van der Waals surface area contributed by atoms with Gasteiger partial charge in [-0.3, -0.25) is 4.79 Å². The third kappa shape index (κ3) is 1.91. The summed E-state index contributed by atoms with van der Waals surface area (Å²) in [7, 11) is 3.35. The molecule has 0 aromatic rings. The van der Waals surface area contributed by atoms with Crippen molar-refractivity contribution in [2.45, 2.75) is 18.6 Å². The van der Waals surface area contributed by atoms with Crippen LogP contribution in [0.3, 0.4) is 0 Å².